The molecule has 0 aliphatic rings. The largest absolute Gasteiger partial charge is 0.482 e. The number of hydrogen-bond acceptors (Lipinski definition) is 6. The Hall–Kier alpha value is -3.26. The molecular weight excluding hydrogens is 426 g/mol. The summed E-state index contributed by atoms with van der Waals surface area (Å²) in [4.78, 5) is 35.7. The average molecular weight is 452 g/mol. The first-order valence-corrected chi connectivity index (χ1v) is 9.59. The normalized spacial score (nSPS) is 12.0. The average Bonchev–Trinajstić information content (AvgIpc) is 2.64. The SMILES string of the molecule is C=C/C=C(\C=C(/C)Oc1ccc(Cl)cc1N(C=O)CC(=O)OC(C)(C)C)OCC(=O)O. The van der Waals surface area contributed by atoms with Gasteiger partial charge in [-0.3, -0.25) is 9.59 Å². The number of carbonyl (C=O) groups excluding carboxylic acids is 2. The van der Waals surface area contributed by atoms with Gasteiger partial charge in [-0.2, -0.15) is 0 Å². The summed E-state index contributed by atoms with van der Waals surface area (Å²) in [7, 11) is 0. The summed E-state index contributed by atoms with van der Waals surface area (Å²) in [6.45, 7) is 9.44. The molecule has 0 radical (unpaired) electrons. The van der Waals surface area contributed by atoms with Gasteiger partial charge in [0.15, 0.2) is 12.4 Å². The fourth-order valence-corrected chi connectivity index (χ4v) is 2.46. The van der Waals surface area contributed by atoms with Crippen molar-refractivity contribution in [2.75, 3.05) is 18.1 Å². The molecular formula is C22H26ClNO7. The van der Waals surface area contributed by atoms with Crippen LogP contribution >= 0.6 is 11.6 Å². The number of benzene rings is 1. The number of hydrogen-bond donors (Lipinski definition) is 1. The standard InChI is InChI=1S/C22H26ClNO7/c1-6-7-17(29-13-20(26)27)10-15(2)30-19-9-8-16(23)11-18(19)24(14-25)12-21(28)31-22(3,4)5/h6-11,14H,1,12-13H2,2-5H3,(H,26,27)/b15-10+,17-7+. The summed E-state index contributed by atoms with van der Waals surface area (Å²) in [5.74, 6) is -0.955. The van der Waals surface area contributed by atoms with Crippen LogP contribution in [0.15, 0.2) is 54.5 Å². The van der Waals surface area contributed by atoms with Crippen LogP contribution in [0.4, 0.5) is 5.69 Å². The molecule has 31 heavy (non-hydrogen) atoms. The smallest absolute Gasteiger partial charge is 0.341 e. The maximum Gasteiger partial charge on any atom is 0.341 e. The second-order valence-corrected chi connectivity index (χ2v) is 7.71. The summed E-state index contributed by atoms with van der Waals surface area (Å²) < 4.78 is 16.2. The lowest BCUT2D eigenvalue weighted by molar-refractivity contribution is -0.153. The van der Waals surface area contributed by atoms with Crippen molar-refractivity contribution in [3.05, 3.63) is 59.5 Å². The van der Waals surface area contributed by atoms with Crippen LogP contribution in [0.25, 0.3) is 0 Å². The number of amides is 1. The van der Waals surface area contributed by atoms with Crippen LogP contribution in [0.3, 0.4) is 0 Å². The van der Waals surface area contributed by atoms with Gasteiger partial charge in [0.2, 0.25) is 6.41 Å². The van der Waals surface area contributed by atoms with Crippen molar-refractivity contribution in [1.82, 2.24) is 0 Å². The molecule has 9 heteroatoms. The molecule has 1 aromatic carbocycles. The van der Waals surface area contributed by atoms with Crippen molar-refractivity contribution in [3.8, 4) is 5.75 Å². The van der Waals surface area contributed by atoms with Crippen LogP contribution in [-0.4, -0.2) is 42.2 Å². The van der Waals surface area contributed by atoms with E-state index in [1.54, 1.807) is 33.8 Å². The number of carbonyl (C=O) groups is 3. The van der Waals surface area contributed by atoms with Crippen molar-refractivity contribution < 1.29 is 33.7 Å². The highest BCUT2D eigenvalue weighted by atomic mass is 35.5. The molecule has 0 unspecified atom stereocenters. The Morgan fingerprint density at radius 3 is 2.52 bits per heavy atom. The second kappa shape index (κ2) is 11.8. The third-order valence-electron chi connectivity index (χ3n) is 3.34. The molecule has 8 nitrogen and oxygen atoms in total. The predicted octanol–water partition coefficient (Wildman–Crippen LogP) is 4.10. The number of carboxylic acid groups (broad SMARTS) is 1. The molecule has 0 saturated heterocycles. The topological polar surface area (TPSA) is 102 Å². The van der Waals surface area contributed by atoms with Gasteiger partial charge < -0.3 is 24.2 Å². The number of esters is 1. The number of ether oxygens (including phenoxy) is 3. The lowest BCUT2D eigenvalue weighted by Gasteiger charge is -2.24. The number of aliphatic carboxylic acids is 1. The molecule has 0 atom stereocenters. The molecule has 0 heterocycles. The molecule has 1 rings (SSSR count). The number of carboxylic acids is 1. The summed E-state index contributed by atoms with van der Waals surface area (Å²) in [6, 6.07) is 4.57. The first-order chi connectivity index (χ1) is 14.4. The van der Waals surface area contributed by atoms with Gasteiger partial charge in [-0.1, -0.05) is 24.3 Å². The van der Waals surface area contributed by atoms with E-state index in [0.29, 0.717) is 17.2 Å². The van der Waals surface area contributed by atoms with Crippen molar-refractivity contribution in [2.24, 2.45) is 0 Å². The zero-order chi connectivity index (χ0) is 23.6. The van der Waals surface area contributed by atoms with Gasteiger partial charge in [0, 0.05) is 11.1 Å². The Bertz CT molecular complexity index is 884. The Kier molecular flexibility index (Phi) is 9.82. The highest BCUT2D eigenvalue weighted by Crippen LogP contribution is 2.32. The van der Waals surface area contributed by atoms with Crippen molar-refractivity contribution >= 4 is 35.6 Å². The van der Waals surface area contributed by atoms with Gasteiger partial charge in [-0.05, 0) is 52.0 Å². The molecule has 1 amide bonds. The van der Waals surface area contributed by atoms with Crippen LogP contribution in [0.2, 0.25) is 5.02 Å². The lowest BCUT2D eigenvalue weighted by atomic mass is 10.2. The van der Waals surface area contributed by atoms with Crippen LogP contribution < -0.4 is 9.64 Å². The maximum atomic E-state index is 12.2. The zero-order valence-electron chi connectivity index (χ0n) is 17.9. The first-order valence-electron chi connectivity index (χ1n) is 9.22. The maximum absolute atomic E-state index is 12.2. The molecule has 0 aromatic heterocycles. The summed E-state index contributed by atoms with van der Waals surface area (Å²) in [5, 5.41) is 9.10. The van der Waals surface area contributed by atoms with Gasteiger partial charge in [-0.25, -0.2) is 4.79 Å². The number of rotatable bonds is 11. The lowest BCUT2D eigenvalue weighted by Crippen LogP contribution is -2.34. The molecule has 0 fully saturated rings. The molecule has 0 bridgehead atoms. The Labute approximate surface area is 186 Å². The minimum Gasteiger partial charge on any atom is -0.482 e. The van der Waals surface area contributed by atoms with Crippen molar-refractivity contribution in [1.29, 1.82) is 0 Å². The van der Waals surface area contributed by atoms with Gasteiger partial charge >= 0.3 is 11.9 Å². The first kappa shape index (κ1) is 25.8. The van der Waals surface area contributed by atoms with Crippen LogP contribution in [-0.2, 0) is 23.9 Å². The number of nitrogens with zero attached hydrogens (tertiary/aromatic N) is 1. The molecule has 1 N–H and O–H groups in total. The zero-order valence-corrected chi connectivity index (χ0v) is 18.6. The third kappa shape index (κ3) is 9.86. The molecule has 1 aromatic rings. The van der Waals surface area contributed by atoms with E-state index in [0.717, 1.165) is 4.90 Å². The van der Waals surface area contributed by atoms with E-state index in [-0.39, 0.29) is 23.7 Å². The summed E-state index contributed by atoms with van der Waals surface area (Å²) in [6.07, 6.45) is 4.84. The van der Waals surface area contributed by atoms with Gasteiger partial charge in [0.1, 0.15) is 23.7 Å². The molecule has 168 valence electrons. The Balaban J connectivity index is 3.14. The highest BCUT2D eigenvalue weighted by Gasteiger charge is 2.21. The van der Waals surface area contributed by atoms with Gasteiger partial charge in [-0.15, -0.1) is 0 Å². The van der Waals surface area contributed by atoms with E-state index < -0.39 is 24.1 Å². The van der Waals surface area contributed by atoms with E-state index >= 15 is 0 Å². The van der Waals surface area contributed by atoms with E-state index in [1.165, 1.54) is 30.4 Å². The van der Waals surface area contributed by atoms with Crippen LogP contribution in [0.1, 0.15) is 27.7 Å². The molecule has 0 spiro atoms. The molecule has 0 aliphatic heterocycles. The molecule has 0 aliphatic carbocycles. The predicted molar refractivity (Wildman–Crippen MR) is 117 cm³/mol. The van der Waals surface area contributed by atoms with E-state index in [2.05, 4.69) is 6.58 Å². The Morgan fingerprint density at radius 1 is 1.29 bits per heavy atom. The monoisotopic (exact) mass is 451 g/mol. The van der Waals surface area contributed by atoms with Gasteiger partial charge in [0.05, 0.1) is 5.69 Å². The molecule has 0 saturated carbocycles. The van der Waals surface area contributed by atoms with Gasteiger partial charge in [0.25, 0.3) is 0 Å². The fourth-order valence-electron chi connectivity index (χ4n) is 2.30. The highest BCUT2D eigenvalue weighted by molar-refractivity contribution is 6.31. The van der Waals surface area contributed by atoms with Crippen LogP contribution in [0.5, 0.6) is 5.75 Å². The number of anilines is 1. The van der Waals surface area contributed by atoms with E-state index in [4.69, 9.17) is 30.9 Å². The minimum absolute atomic E-state index is 0.214. The number of halogens is 1. The van der Waals surface area contributed by atoms with Crippen LogP contribution in [0, 0.1) is 0 Å². The summed E-state index contributed by atoms with van der Waals surface area (Å²) >= 11 is 6.07. The van der Waals surface area contributed by atoms with Crippen molar-refractivity contribution in [2.45, 2.75) is 33.3 Å². The number of allylic oxidation sites excluding steroid dienone is 4. The van der Waals surface area contributed by atoms with Crippen molar-refractivity contribution in [3.63, 3.8) is 0 Å². The quantitative estimate of drug-likeness (QED) is 0.234. The third-order valence-corrected chi connectivity index (χ3v) is 3.57. The van der Waals surface area contributed by atoms with E-state index in [9.17, 15) is 14.4 Å². The second-order valence-electron chi connectivity index (χ2n) is 7.28. The minimum atomic E-state index is -1.13. The van der Waals surface area contributed by atoms with E-state index in [1.807, 2.05) is 0 Å². The Morgan fingerprint density at radius 2 is 1.97 bits per heavy atom. The summed E-state index contributed by atoms with van der Waals surface area (Å²) in [5.41, 5.74) is -0.454. The fraction of sp³-hybridized carbons (Fsp3) is 0.318.